The lowest BCUT2D eigenvalue weighted by atomic mass is 10.1. The van der Waals surface area contributed by atoms with Crippen LogP contribution in [0.2, 0.25) is 0 Å². The van der Waals surface area contributed by atoms with Gasteiger partial charge in [-0.05, 0) is 43.7 Å². The lowest BCUT2D eigenvalue weighted by molar-refractivity contribution is -0.132. The third kappa shape index (κ3) is 3.85. The Balaban J connectivity index is 1.44. The summed E-state index contributed by atoms with van der Waals surface area (Å²) in [5, 5.41) is 0. The van der Waals surface area contributed by atoms with Crippen LogP contribution in [0, 0.1) is 6.92 Å². The summed E-state index contributed by atoms with van der Waals surface area (Å²) < 4.78 is 26.9. The fraction of sp³-hybridized carbons (Fsp3) is 0.333. The molecular formula is C21H24N4O3S. The van der Waals surface area contributed by atoms with Gasteiger partial charge >= 0.3 is 0 Å². The number of amides is 1. The molecule has 0 radical (unpaired) electrons. The minimum absolute atomic E-state index is 0.0926. The average molecular weight is 413 g/mol. The first-order chi connectivity index (χ1) is 13.8. The fourth-order valence-corrected chi connectivity index (χ4v) is 4.99. The first kappa shape index (κ1) is 19.4. The van der Waals surface area contributed by atoms with Gasteiger partial charge < -0.3 is 9.80 Å². The lowest BCUT2D eigenvalue weighted by Gasteiger charge is -2.37. The molecule has 0 aliphatic carbocycles. The number of hydrogen-bond acceptors (Lipinski definition) is 5. The molecule has 8 heteroatoms. The zero-order valence-electron chi connectivity index (χ0n) is 16.5. The van der Waals surface area contributed by atoms with Crippen LogP contribution < -0.4 is 9.62 Å². The number of sulfonamides is 1. The Labute approximate surface area is 171 Å². The predicted octanol–water partition coefficient (Wildman–Crippen LogP) is 1.77. The number of nitrogens with zero attached hydrogens (tertiary/aromatic N) is 3. The molecule has 2 aromatic carbocycles. The molecule has 1 N–H and O–H groups in total. The molecular weight excluding hydrogens is 388 g/mol. The van der Waals surface area contributed by atoms with Crippen LogP contribution in [-0.4, -0.2) is 57.3 Å². The Kier molecular flexibility index (Phi) is 5.04. The van der Waals surface area contributed by atoms with Gasteiger partial charge in [-0.25, -0.2) is 8.42 Å². The zero-order chi connectivity index (χ0) is 20.6. The monoisotopic (exact) mass is 412 g/mol. The zero-order valence-corrected chi connectivity index (χ0v) is 17.3. The maximum absolute atomic E-state index is 12.9. The first-order valence-electron chi connectivity index (χ1n) is 9.65. The molecule has 1 atom stereocenters. The van der Waals surface area contributed by atoms with Crippen molar-refractivity contribution in [3.63, 3.8) is 0 Å². The van der Waals surface area contributed by atoms with Crippen molar-refractivity contribution in [1.29, 1.82) is 0 Å². The van der Waals surface area contributed by atoms with Crippen molar-refractivity contribution in [2.75, 3.05) is 31.1 Å². The second-order valence-electron chi connectivity index (χ2n) is 7.41. The maximum atomic E-state index is 12.9. The van der Waals surface area contributed by atoms with E-state index in [1.807, 2.05) is 6.07 Å². The van der Waals surface area contributed by atoms with E-state index in [1.54, 1.807) is 30.0 Å². The molecule has 1 fully saturated rings. The van der Waals surface area contributed by atoms with Crippen molar-refractivity contribution in [3.8, 4) is 0 Å². The molecule has 2 aliphatic heterocycles. The van der Waals surface area contributed by atoms with Gasteiger partial charge in [-0.2, -0.15) is 0 Å². The van der Waals surface area contributed by atoms with Crippen LogP contribution in [0.25, 0.3) is 0 Å². The van der Waals surface area contributed by atoms with Gasteiger partial charge in [0, 0.05) is 37.4 Å². The van der Waals surface area contributed by atoms with Crippen LogP contribution in [0.4, 0.5) is 5.69 Å². The largest absolute Gasteiger partial charge is 0.368 e. The number of benzene rings is 2. The van der Waals surface area contributed by atoms with Gasteiger partial charge in [-0.3, -0.25) is 14.5 Å². The molecule has 2 aliphatic rings. The van der Waals surface area contributed by atoms with Crippen LogP contribution in [-0.2, 0) is 14.8 Å². The van der Waals surface area contributed by atoms with Crippen molar-refractivity contribution in [2.24, 2.45) is 4.99 Å². The van der Waals surface area contributed by atoms with E-state index >= 15 is 0 Å². The summed E-state index contributed by atoms with van der Waals surface area (Å²) in [6.45, 7) is 6.52. The van der Waals surface area contributed by atoms with Crippen molar-refractivity contribution >= 4 is 27.5 Å². The number of rotatable bonds is 3. The van der Waals surface area contributed by atoms with E-state index in [0.717, 1.165) is 13.1 Å². The van der Waals surface area contributed by atoms with E-state index in [2.05, 4.69) is 39.7 Å². The third-order valence-electron chi connectivity index (χ3n) is 5.30. The van der Waals surface area contributed by atoms with Crippen LogP contribution in [0.15, 0.2) is 58.4 Å². The number of fused-ring (bicyclic) bond motifs is 1. The van der Waals surface area contributed by atoms with E-state index in [9.17, 15) is 13.2 Å². The van der Waals surface area contributed by atoms with Crippen molar-refractivity contribution in [1.82, 2.24) is 9.62 Å². The average Bonchev–Trinajstić information content (AvgIpc) is 2.98. The first-order valence-corrected chi connectivity index (χ1v) is 11.1. The van der Waals surface area contributed by atoms with Gasteiger partial charge in [-0.15, -0.1) is 0 Å². The summed E-state index contributed by atoms with van der Waals surface area (Å²) in [5.74, 6) is 0.143. The van der Waals surface area contributed by atoms with Crippen molar-refractivity contribution in [3.05, 3.63) is 59.7 Å². The van der Waals surface area contributed by atoms with Gasteiger partial charge in [0.15, 0.2) is 0 Å². The minimum Gasteiger partial charge on any atom is -0.368 e. The molecule has 29 heavy (non-hydrogen) atoms. The number of carbonyl (C=O) groups is 1. The second kappa shape index (κ2) is 7.51. The number of hydrogen-bond donors (Lipinski definition) is 1. The molecule has 0 bridgehead atoms. The SMILES string of the molecule is Cc1cccc(N2CCN(C(=O)[C@H](C)N=C3NS(=O)(=O)c4ccccc43)CC2)c1. The summed E-state index contributed by atoms with van der Waals surface area (Å²) in [7, 11) is -3.60. The van der Waals surface area contributed by atoms with Crippen molar-refractivity contribution in [2.45, 2.75) is 24.8 Å². The molecule has 7 nitrogen and oxygen atoms in total. The molecule has 2 heterocycles. The lowest BCUT2D eigenvalue weighted by Crippen LogP contribution is -2.51. The highest BCUT2D eigenvalue weighted by atomic mass is 32.2. The van der Waals surface area contributed by atoms with E-state index in [-0.39, 0.29) is 16.6 Å². The van der Waals surface area contributed by atoms with Gasteiger partial charge in [0.25, 0.3) is 10.0 Å². The highest BCUT2D eigenvalue weighted by Gasteiger charge is 2.32. The van der Waals surface area contributed by atoms with E-state index < -0.39 is 16.1 Å². The molecule has 0 unspecified atom stereocenters. The summed E-state index contributed by atoms with van der Waals surface area (Å²) in [6.07, 6.45) is 0. The highest BCUT2D eigenvalue weighted by molar-refractivity contribution is 7.90. The van der Waals surface area contributed by atoms with Crippen LogP contribution >= 0.6 is 0 Å². The quantitative estimate of drug-likeness (QED) is 0.833. The normalized spacial score (nSPS) is 20.3. The van der Waals surface area contributed by atoms with Crippen LogP contribution in [0.3, 0.4) is 0 Å². The Morgan fingerprint density at radius 3 is 2.52 bits per heavy atom. The molecule has 1 amide bonds. The molecule has 152 valence electrons. The van der Waals surface area contributed by atoms with Gasteiger partial charge in [0.05, 0.1) is 4.90 Å². The topological polar surface area (TPSA) is 82.1 Å². The Morgan fingerprint density at radius 2 is 1.79 bits per heavy atom. The predicted molar refractivity (Wildman–Crippen MR) is 113 cm³/mol. The Morgan fingerprint density at radius 1 is 1.07 bits per heavy atom. The highest BCUT2D eigenvalue weighted by Crippen LogP contribution is 2.23. The van der Waals surface area contributed by atoms with E-state index in [4.69, 9.17) is 0 Å². The molecule has 0 saturated carbocycles. The van der Waals surface area contributed by atoms with Crippen LogP contribution in [0.1, 0.15) is 18.1 Å². The molecule has 2 aromatic rings. The standard InChI is InChI=1S/C21H24N4O3S/c1-15-6-5-7-17(14-15)24-10-12-25(13-11-24)21(26)16(2)22-20-18-8-3-4-9-19(18)29(27,28)23-20/h3-9,14,16H,10-13H2,1-2H3,(H,22,23)/t16-/m0/s1. The molecule has 0 spiro atoms. The summed E-state index contributed by atoms with van der Waals surface area (Å²) >= 11 is 0. The van der Waals surface area contributed by atoms with Crippen LogP contribution in [0.5, 0.6) is 0 Å². The second-order valence-corrected chi connectivity index (χ2v) is 9.06. The van der Waals surface area contributed by atoms with Gasteiger partial charge in [0.1, 0.15) is 11.9 Å². The minimum atomic E-state index is -3.60. The van der Waals surface area contributed by atoms with Gasteiger partial charge in [-0.1, -0.05) is 24.3 Å². The molecule has 4 rings (SSSR count). The van der Waals surface area contributed by atoms with E-state index in [0.29, 0.717) is 18.7 Å². The van der Waals surface area contributed by atoms with Gasteiger partial charge in [0.2, 0.25) is 5.91 Å². The number of nitrogens with one attached hydrogen (secondary N) is 1. The number of aryl methyl sites for hydroxylation is 1. The number of amidine groups is 1. The van der Waals surface area contributed by atoms with E-state index in [1.165, 1.54) is 17.3 Å². The third-order valence-corrected chi connectivity index (χ3v) is 6.70. The number of piperazine rings is 1. The smallest absolute Gasteiger partial charge is 0.263 e. The summed E-state index contributed by atoms with van der Waals surface area (Å²) in [4.78, 5) is 21.6. The van der Waals surface area contributed by atoms with Crippen molar-refractivity contribution < 1.29 is 13.2 Å². The number of carbonyl (C=O) groups excluding carboxylic acids is 1. The fourth-order valence-electron chi connectivity index (χ4n) is 3.75. The maximum Gasteiger partial charge on any atom is 0.263 e. The number of aliphatic imine (C=N–C) groups is 1. The summed E-state index contributed by atoms with van der Waals surface area (Å²) in [6, 6.07) is 14.3. The molecule has 1 saturated heterocycles. The Bertz CT molecular complexity index is 1070. The molecule has 0 aromatic heterocycles. The number of anilines is 1. The Hall–Kier alpha value is -2.87. The summed E-state index contributed by atoms with van der Waals surface area (Å²) in [5.41, 5.74) is 2.89.